The summed E-state index contributed by atoms with van der Waals surface area (Å²) in [5, 5.41) is 10.5. The maximum absolute atomic E-state index is 10.5. The van der Waals surface area contributed by atoms with Gasteiger partial charge in [0.25, 0.3) is 0 Å². The van der Waals surface area contributed by atoms with Gasteiger partial charge < -0.3 is 4.74 Å². The topological polar surface area (TPSA) is 52.4 Å². The SMILES string of the molecule is CC/C(=C\C=C\c1ccc(OC)cc1)[N+](=O)[O-]. The summed E-state index contributed by atoms with van der Waals surface area (Å²) < 4.78 is 5.04. The molecule has 0 radical (unpaired) electrons. The van der Waals surface area contributed by atoms with Crippen LogP contribution in [0.4, 0.5) is 0 Å². The van der Waals surface area contributed by atoms with Gasteiger partial charge in [0.05, 0.1) is 12.0 Å². The lowest BCUT2D eigenvalue weighted by atomic mass is 10.2. The molecule has 17 heavy (non-hydrogen) atoms. The van der Waals surface area contributed by atoms with Crippen LogP contribution >= 0.6 is 0 Å². The summed E-state index contributed by atoms with van der Waals surface area (Å²) in [6.45, 7) is 1.76. The smallest absolute Gasteiger partial charge is 0.245 e. The summed E-state index contributed by atoms with van der Waals surface area (Å²) >= 11 is 0. The first-order valence-corrected chi connectivity index (χ1v) is 5.33. The fourth-order valence-electron chi connectivity index (χ4n) is 1.29. The van der Waals surface area contributed by atoms with Crippen molar-refractivity contribution in [2.75, 3.05) is 7.11 Å². The van der Waals surface area contributed by atoms with Crippen molar-refractivity contribution in [3.05, 3.63) is 57.8 Å². The Hall–Kier alpha value is -2.10. The predicted octanol–water partition coefficient (Wildman–Crippen LogP) is 3.28. The molecule has 0 heterocycles. The third-order valence-electron chi connectivity index (χ3n) is 2.29. The summed E-state index contributed by atoms with van der Waals surface area (Å²) in [4.78, 5) is 10.2. The number of allylic oxidation sites excluding steroid dienone is 3. The third-order valence-corrected chi connectivity index (χ3v) is 2.29. The van der Waals surface area contributed by atoms with Gasteiger partial charge in [0, 0.05) is 12.5 Å². The summed E-state index contributed by atoms with van der Waals surface area (Å²) in [6, 6.07) is 7.47. The van der Waals surface area contributed by atoms with E-state index in [4.69, 9.17) is 4.74 Å². The van der Waals surface area contributed by atoms with E-state index in [0.717, 1.165) is 11.3 Å². The van der Waals surface area contributed by atoms with Gasteiger partial charge in [-0.1, -0.05) is 31.2 Å². The second-order valence-corrected chi connectivity index (χ2v) is 3.40. The van der Waals surface area contributed by atoms with Gasteiger partial charge >= 0.3 is 0 Å². The highest BCUT2D eigenvalue weighted by Crippen LogP contribution is 2.12. The van der Waals surface area contributed by atoms with Crippen molar-refractivity contribution in [2.45, 2.75) is 13.3 Å². The van der Waals surface area contributed by atoms with Crippen molar-refractivity contribution >= 4 is 6.08 Å². The molecule has 1 rings (SSSR count). The van der Waals surface area contributed by atoms with E-state index in [-0.39, 0.29) is 10.6 Å². The van der Waals surface area contributed by atoms with Crippen LogP contribution in [0, 0.1) is 10.1 Å². The minimum Gasteiger partial charge on any atom is -0.497 e. The van der Waals surface area contributed by atoms with E-state index in [0.29, 0.717) is 6.42 Å². The molecule has 0 atom stereocenters. The van der Waals surface area contributed by atoms with Gasteiger partial charge in [0.1, 0.15) is 5.75 Å². The molecule has 0 unspecified atom stereocenters. The fraction of sp³-hybridized carbons (Fsp3) is 0.231. The molecule has 0 bridgehead atoms. The van der Waals surface area contributed by atoms with Gasteiger partial charge in [-0.2, -0.15) is 0 Å². The molecule has 0 aromatic heterocycles. The molecule has 4 nitrogen and oxygen atoms in total. The standard InChI is InChI=1S/C13H15NO3/c1-3-12(14(15)16)6-4-5-11-7-9-13(17-2)10-8-11/h4-10H,3H2,1-2H3/b5-4+,12-6+. The number of hydrogen-bond acceptors (Lipinski definition) is 3. The molecule has 0 N–H and O–H groups in total. The summed E-state index contributed by atoms with van der Waals surface area (Å²) in [6.07, 6.45) is 5.44. The zero-order valence-electron chi connectivity index (χ0n) is 9.92. The molecule has 0 spiro atoms. The molecular weight excluding hydrogens is 218 g/mol. The van der Waals surface area contributed by atoms with Crippen molar-refractivity contribution in [3.63, 3.8) is 0 Å². The molecule has 0 saturated heterocycles. The van der Waals surface area contributed by atoms with Gasteiger partial charge in [-0.25, -0.2) is 0 Å². The molecule has 0 saturated carbocycles. The van der Waals surface area contributed by atoms with E-state index < -0.39 is 0 Å². The van der Waals surface area contributed by atoms with Gasteiger partial charge in [-0.15, -0.1) is 0 Å². The van der Waals surface area contributed by atoms with Crippen LogP contribution in [0.5, 0.6) is 5.75 Å². The highest BCUT2D eigenvalue weighted by molar-refractivity contribution is 5.52. The quantitative estimate of drug-likeness (QED) is 0.445. The van der Waals surface area contributed by atoms with Crippen LogP contribution in [0.2, 0.25) is 0 Å². The van der Waals surface area contributed by atoms with E-state index in [1.807, 2.05) is 30.3 Å². The predicted molar refractivity (Wildman–Crippen MR) is 67.4 cm³/mol. The minimum absolute atomic E-state index is 0.203. The van der Waals surface area contributed by atoms with E-state index in [9.17, 15) is 10.1 Å². The van der Waals surface area contributed by atoms with Gasteiger partial charge in [0.2, 0.25) is 5.70 Å². The van der Waals surface area contributed by atoms with Crippen LogP contribution in [-0.4, -0.2) is 12.0 Å². The Labute approximate surface area is 100 Å². The Balaban J connectivity index is 2.73. The number of benzene rings is 1. The van der Waals surface area contributed by atoms with Crippen molar-refractivity contribution in [3.8, 4) is 5.75 Å². The molecule has 0 fully saturated rings. The zero-order valence-corrected chi connectivity index (χ0v) is 9.92. The van der Waals surface area contributed by atoms with Crippen molar-refractivity contribution < 1.29 is 9.66 Å². The van der Waals surface area contributed by atoms with Crippen LogP contribution in [0.15, 0.2) is 42.1 Å². The van der Waals surface area contributed by atoms with Gasteiger partial charge in [0.15, 0.2) is 0 Å². The monoisotopic (exact) mass is 233 g/mol. The van der Waals surface area contributed by atoms with Crippen LogP contribution in [0.25, 0.3) is 6.08 Å². The molecule has 1 aromatic carbocycles. The Bertz CT molecular complexity index is 432. The second-order valence-electron chi connectivity index (χ2n) is 3.40. The maximum atomic E-state index is 10.5. The van der Waals surface area contributed by atoms with Gasteiger partial charge in [-0.05, 0) is 17.7 Å². The zero-order chi connectivity index (χ0) is 12.7. The first-order chi connectivity index (χ1) is 8.17. The average molecular weight is 233 g/mol. The fourth-order valence-corrected chi connectivity index (χ4v) is 1.29. The van der Waals surface area contributed by atoms with E-state index in [2.05, 4.69) is 0 Å². The summed E-state index contributed by atoms with van der Waals surface area (Å²) in [7, 11) is 1.61. The van der Waals surface area contributed by atoms with Gasteiger partial charge in [-0.3, -0.25) is 10.1 Å². The normalized spacial score (nSPS) is 11.8. The second kappa shape index (κ2) is 6.48. The molecular formula is C13H15NO3. The van der Waals surface area contributed by atoms with Crippen LogP contribution < -0.4 is 4.74 Å². The number of nitrogens with zero attached hydrogens (tertiary/aromatic N) is 1. The molecule has 4 heteroatoms. The number of methoxy groups -OCH3 is 1. The largest absolute Gasteiger partial charge is 0.497 e. The molecule has 0 aliphatic rings. The summed E-state index contributed by atoms with van der Waals surface area (Å²) in [5.41, 5.74) is 1.18. The van der Waals surface area contributed by atoms with Crippen LogP contribution in [0.1, 0.15) is 18.9 Å². The Kier molecular flexibility index (Phi) is 4.94. The first-order valence-electron chi connectivity index (χ1n) is 5.33. The summed E-state index contributed by atoms with van der Waals surface area (Å²) in [5.74, 6) is 0.789. The molecule has 0 amide bonds. The van der Waals surface area contributed by atoms with Crippen LogP contribution in [0.3, 0.4) is 0 Å². The lowest BCUT2D eigenvalue weighted by Crippen LogP contribution is -1.95. The van der Waals surface area contributed by atoms with Crippen molar-refractivity contribution in [2.24, 2.45) is 0 Å². The van der Waals surface area contributed by atoms with E-state index in [1.165, 1.54) is 6.08 Å². The minimum atomic E-state index is -0.363. The Morgan fingerprint density at radius 1 is 1.41 bits per heavy atom. The Morgan fingerprint density at radius 3 is 2.53 bits per heavy atom. The van der Waals surface area contributed by atoms with Crippen molar-refractivity contribution in [1.29, 1.82) is 0 Å². The average Bonchev–Trinajstić information content (AvgIpc) is 2.35. The molecule has 0 aliphatic carbocycles. The number of rotatable bonds is 5. The first kappa shape index (κ1) is 13.0. The molecule has 0 aliphatic heterocycles. The maximum Gasteiger partial charge on any atom is 0.245 e. The molecule has 90 valence electrons. The van der Waals surface area contributed by atoms with Crippen LogP contribution in [-0.2, 0) is 0 Å². The number of nitro groups is 1. The lowest BCUT2D eigenvalue weighted by Gasteiger charge is -1.98. The molecule has 1 aromatic rings. The van der Waals surface area contributed by atoms with E-state index >= 15 is 0 Å². The van der Waals surface area contributed by atoms with Crippen molar-refractivity contribution in [1.82, 2.24) is 0 Å². The highest BCUT2D eigenvalue weighted by Gasteiger charge is 2.03. The van der Waals surface area contributed by atoms with E-state index in [1.54, 1.807) is 20.1 Å². The number of ether oxygens (including phenoxy) is 1. The Morgan fingerprint density at radius 2 is 2.06 bits per heavy atom. The number of hydrogen-bond donors (Lipinski definition) is 0. The highest BCUT2D eigenvalue weighted by atomic mass is 16.6. The lowest BCUT2D eigenvalue weighted by molar-refractivity contribution is -0.427. The third kappa shape index (κ3) is 4.10.